The number of hydrogen-bond donors (Lipinski definition) is 1. The van der Waals surface area contributed by atoms with Gasteiger partial charge in [0.15, 0.2) is 0 Å². The molecular weight excluding hydrogens is 269 g/mol. The van der Waals surface area contributed by atoms with Gasteiger partial charge in [-0.3, -0.25) is 4.98 Å². The Morgan fingerprint density at radius 1 is 1.48 bits per heavy atom. The van der Waals surface area contributed by atoms with Crippen LogP contribution in [0.5, 0.6) is 0 Å². The van der Waals surface area contributed by atoms with Crippen molar-refractivity contribution in [3.05, 3.63) is 53.0 Å². The number of aromatic nitrogens is 1. The fourth-order valence-electron chi connectivity index (χ4n) is 3.51. The highest BCUT2D eigenvalue weighted by Crippen LogP contribution is 2.44. The van der Waals surface area contributed by atoms with E-state index in [-0.39, 0.29) is 18.6 Å². The molecular formula is C16H16FN3O. The van der Waals surface area contributed by atoms with Crippen molar-refractivity contribution < 1.29 is 9.50 Å². The normalized spacial score (nSPS) is 23.5. The van der Waals surface area contributed by atoms with Crippen molar-refractivity contribution in [1.29, 1.82) is 0 Å². The molecule has 21 heavy (non-hydrogen) atoms. The third-order valence-corrected chi connectivity index (χ3v) is 4.46. The number of likely N-dealkylation sites (N-methyl/N-ethyl adjacent to an activating group) is 1. The molecule has 5 heteroatoms. The molecule has 0 amide bonds. The molecule has 1 aromatic rings. The summed E-state index contributed by atoms with van der Waals surface area (Å²) < 4.78 is 14.5. The zero-order chi connectivity index (χ0) is 14.6. The van der Waals surface area contributed by atoms with Crippen LogP contribution in [-0.2, 0) is 0 Å². The average Bonchev–Trinajstić information content (AvgIpc) is 2.76. The molecule has 1 aliphatic carbocycles. The molecule has 0 fully saturated rings. The van der Waals surface area contributed by atoms with E-state index in [4.69, 9.17) is 0 Å². The lowest BCUT2D eigenvalue weighted by Gasteiger charge is -2.36. The predicted molar refractivity (Wildman–Crippen MR) is 78.3 cm³/mol. The summed E-state index contributed by atoms with van der Waals surface area (Å²) in [6.45, 7) is 0.656. The summed E-state index contributed by atoms with van der Waals surface area (Å²) in [4.78, 5) is 8.40. The summed E-state index contributed by atoms with van der Waals surface area (Å²) in [6, 6.07) is 3.71. The van der Waals surface area contributed by atoms with Crippen molar-refractivity contribution >= 4 is 11.5 Å². The maximum atomic E-state index is 14.5. The molecule has 2 aliphatic heterocycles. The van der Waals surface area contributed by atoms with Gasteiger partial charge in [-0.1, -0.05) is 0 Å². The number of nitrogens with zero attached hydrogens (tertiary/aromatic N) is 3. The van der Waals surface area contributed by atoms with Gasteiger partial charge >= 0.3 is 0 Å². The molecule has 0 bridgehead atoms. The first-order valence-corrected chi connectivity index (χ1v) is 7.07. The third kappa shape index (κ3) is 1.67. The van der Waals surface area contributed by atoms with Crippen molar-refractivity contribution in [2.24, 2.45) is 0 Å². The molecule has 4 rings (SSSR count). The number of pyridine rings is 1. The summed E-state index contributed by atoms with van der Waals surface area (Å²) >= 11 is 0. The van der Waals surface area contributed by atoms with E-state index in [2.05, 4.69) is 9.88 Å². The SMILES string of the molecule is CN1C=C2C=C(F)c3cccnc3C3=C2C1CCN3CO. The van der Waals surface area contributed by atoms with Crippen LogP contribution in [-0.4, -0.2) is 46.3 Å². The van der Waals surface area contributed by atoms with Crippen molar-refractivity contribution in [3.8, 4) is 0 Å². The van der Waals surface area contributed by atoms with Gasteiger partial charge in [0.1, 0.15) is 12.6 Å². The second-order valence-electron chi connectivity index (χ2n) is 5.61. The monoisotopic (exact) mass is 285 g/mol. The van der Waals surface area contributed by atoms with E-state index >= 15 is 0 Å². The molecule has 108 valence electrons. The van der Waals surface area contributed by atoms with Gasteiger partial charge < -0.3 is 14.9 Å². The van der Waals surface area contributed by atoms with E-state index in [0.29, 0.717) is 11.3 Å². The lowest BCUT2D eigenvalue weighted by molar-refractivity contribution is 0.145. The van der Waals surface area contributed by atoms with Crippen LogP contribution in [0.4, 0.5) is 4.39 Å². The average molecular weight is 285 g/mol. The molecule has 0 spiro atoms. The number of fused-ring (bicyclic) bond motifs is 2. The van der Waals surface area contributed by atoms with E-state index in [0.717, 1.165) is 29.8 Å². The minimum absolute atomic E-state index is 0.0832. The summed E-state index contributed by atoms with van der Waals surface area (Å²) in [5.41, 5.74) is 3.94. The van der Waals surface area contributed by atoms with E-state index in [9.17, 15) is 9.50 Å². The van der Waals surface area contributed by atoms with Gasteiger partial charge in [-0.05, 0) is 24.6 Å². The number of halogens is 1. The van der Waals surface area contributed by atoms with Gasteiger partial charge in [-0.25, -0.2) is 4.39 Å². The Hall–Kier alpha value is -2.14. The first-order valence-electron chi connectivity index (χ1n) is 7.07. The van der Waals surface area contributed by atoms with Crippen LogP contribution >= 0.6 is 0 Å². The van der Waals surface area contributed by atoms with Crippen LogP contribution in [0.15, 0.2) is 41.8 Å². The molecule has 4 nitrogen and oxygen atoms in total. The highest BCUT2D eigenvalue weighted by Gasteiger charge is 2.38. The molecule has 3 aliphatic rings. The molecule has 1 N–H and O–H groups in total. The van der Waals surface area contributed by atoms with Gasteiger partial charge in [0.05, 0.1) is 17.4 Å². The standard InChI is InChI=1S/C16H16FN3O/c1-19-8-10-7-12(17)11-3-2-5-18-15(11)16-14(10)13(19)4-6-20(16)9-21/h2-3,5,7-8,13,21H,4,6,9H2,1H3. The lowest BCUT2D eigenvalue weighted by atomic mass is 9.92. The highest BCUT2D eigenvalue weighted by molar-refractivity contribution is 5.85. The van der Waals surface area contributed by atoms with Gasteiger partial charge in [-0.2, -0.15) is 0 Å². The summed E-state index contributed by atoms with van der Waals surface area (Å²) in [6.07, 6.45) is 6.15. The first kappa shape index (κ1) is 12.6. The van der Waals surface area contributed by atoms with Crippen LogP contribution in [0, 0.1) is 0 Å². The van der Waals surface area contributed by atoms with Crippen molar-refractivity contribution in [3.63, 3.8) is 0 Å². The van der Waals surface area contributed by atoms with Crippen LogP contribution < -0.4 is 0 Å². The number of aliphatic hydroxyl groups is 1. The van der Waals surface area contributed by atoms with Crippen molar-refractivity contribution in [1.82, 2.24) is 14.8 Å². The van der Waals surface area contributed by atoms with Crippen LogP contribution in [0.2, 0.25) is 0 Å². The minimum atomic E-state index is -0.273. The largest absolute Gasteiger partial charge is 0.376 e. The van der Waals surface area contributed by atoms with E-state index in [1.54, 1.807) is 24.4 Å². The van der Waals surface area contributed by atoms with E-state index < -0.39 is 0 Å². The number of allylic oxidation sites excluding steroid dienone is 1. The Bertz CT molecular complexity index is 707. The maximum absolute atomic E-state index is 14.5. The molecule has 0 saturated carbocycles. The third-order valence-electron chi connectivity index (χ3n) is 4.46. The second-order valence-corrected chi connectivity index (χ2v) is 5.61. The molecule has 1 atom stereocenters. The zero-order valence-corrected chi connectivity index (χ0v) is 11.8. The Balaban J connectivity index is 2.04. The van der Waals surface area contributed by atoms with Crippen molar-refractivity contribution in [2.45, 2.75) is 12.5 Å². The van der Waals surface area contributed by atoms with Crippen molar-refractivity contribution in [2.75, 3.05) is 20.3 Å². The molecule has 3 heterocycles. The Labute approximate surface area is 122 Å². The molecule has 0 radical (unpaired) electrons. The van der Waals surface area contributed by atoms with Gasteiger partial charge in [-0.15, -0.1) is 0 Å². The highest BCUT2D eigenvalue weighted by atomic mass is 19.1. The van der Waals surface area contributed by atoms with Gasteiger partial charge in [0.25, 0.3) is 0 Å². The van der Waals surface area contributed by atoms with Gasteiger partial charge in [0.2, 0.25) is 0 Å². The maximum Gasteiger partial charge on any atom is 0.133 e. The fraction of sp³-hybridized carbons (Fsp3) is 0.312. The molecule has 1 aromatic heterocycles. The summed E-state index contributed by atoms with van der Waals surface area (Å²) in [5.74, 6) is -0.273. The second kappa shape index (κ2) is 4.43. The summed E-state index contributed by atoms with van der Waals surface area (Å²) in [7, 11) is 2.01. The van der Waals surface area contributed by atoms with E-state index in [1.807, 2.05) is 18.1 Å². The minimum Gasteiger partial charge on any atom is -0.376 e. The molecule has 1 unspecified atom stereocenters. The van der Waals surface area contributed by atoms with Crippen LogP contribution in [0.3, 0.4) is 0 Å². The zero-order valence-electron chi connectivity index (χ0n) is 11.8. The Morgan fingerprint density at radius 2 is 2.33 bits per heavy atom. The van der Waals surface area contributed by atoms with E-state index in [1.165, 1.54) is 0 Å². The number of rotatable bonds is 1. The first-order chi connectivity index (χ1) is 10.2. The quantitative estimate of drug-likeness (QED) is 0.856. The number of hydrogen-bond acceptors (Lipinski definition) is 4. The Kier molecular flexibility index (Phi) is 2.65. The number of aliphatic hydroxyl groups excluding tert-OH is 1. The van der Waals surface area contributed by atoms with Crippen LogP contribution in [0.25, 0.3) is 11.5 Å². The lowest BCUT2D eigenvalue weighted by Crippen LogP contribution is -2.38. The summed E-state index contributed by atoms with van der Waals surface area (Å²) in [5, 5.41) is 9.69. The topological polar surface area (TPSA) is 39.6 Å². The van der Waals surface area contributed by atoms with Gasteiger partial charge in [0, 0.05) is 42.7 Å². The fourth-order valence-corrected chi connectivity index (χ4v) is 3.51. The molecule has 0 aromatic carbocycles. The Morgan fingerprint density at radius 3 is 3.14 bits per heavy atom. The van der Waals surface area contributed by atoms with Crippen LogP contribution in [0.1, 0.15) is 17.7 Å². The molecule has 0 saturated heterocycles. The smallest absolute Gasteiger partial charge is 0.133 e. The predicted octanol–water partition coefficient (Wildman–Crippen LogP) is 1.97.